The van der Waals surface area contributed by atoms with Crippen LogP contribution in [0.25, 0.3) is 10.9 Å². The van der Waals surface area contributed by atoms with Crippen molar-refractivity contribution in [3.8, 4) is 0 Å². The summed E-state index contributed by atoms with van der Waals surface area (Å²) in [5.74, 6) is 0. The van der Waals surface area contributed by atoms with E-state index in [0.717, 1.165) is 6.07 Å². The van der Waals surface area contributed by atoms with E-state index in [9.17, 15) is 13.2 Å². The van der Waals surface area contributed by atoms with Gasteiger partial charge in [0.15, 0.2) is 0 Å². The first kappa shape index (κ1) is 11.5. The molecule has 16 heavy (non-hydrogen) atoms. The minimum Gasteiger partial charge on any atom is -0.256 e. The second-order valence-electron chi connectivity index (χ2n) is 3.14. The van der Waals surface area contributed by atoms with Gasteiger partial charge in [0.25, 0.3) is 0 Å². The summed E-state index contributed by atoms with van der Waals surface area (Å²) >= 11 is 11.4. The quantitative estimate of drug-likeness (QED) is 0.681. The number of nitrogens with zero attached hydrogens (tertiary/aromatic N) is 1. The fraction of sp³-hybridized carbons (Fsp3) is 0.100. The predicted octanol–water partition coefficient (Wildman–Crippen LogP) is 4.56. The van der Waals surface area contributed by atoms with Gasteiger partial charge >= 0.3 is 6.18 Å². The molecule has 0 saturated heterocycles. The zero-order valence-electron chi connectivity index (χ0n) is 7.65. The third-order valence-electron chi connectivity index (χ3n) is 2.08. The first-order valence-electron chi connectivity index (χ1n) is 4.20. The number of benzene rings is 1. The van der Waals surface area contributed by atoms with E-state index in [1.54, 1.807) is 0 Å². The predicted molar refractivity (Wildman–Crippen MR) is 56.8 cm³/mol. The Hall–Kier alpha value is -1.000. The molecule has 0 fully saturated rings. The maximum absolute atomic E-state index is 12.5. The van der Waals surface area contributed by atoms with Crippen molar-refractivity contribution in [3.05, 3.63) is 40.0 Å². The number of pyridine rings is 1. The molecule has 0 amide bonds. The summed E-state index contributed by atoms with van der Waals surface area (Å²) in [6.07, 6.45) is -3.14. The van der Waals surface area contributed by atoms with Gasteiger partial charge in [0.05, 0.1) is 21.1 Å². The second kappa shape index (κ2) is 3.79. The Labute approximate surface area is 98.8 Å². The average Bonchev–Trinajstić information content (AvgIpc) is 2.17. The first-order chi connectivity index (χ1) is 7.39. The van der Waals surface area contributed by atoms with E-state index in [-0.39, 0.29) is 10.5 Å². The van der Waals surface area contributed by atoms with Crippen molar-refractivity contribution < 1.29 is 13.2 Å². The van der Waals surface area contributed by atoms with Crippen molar-refractivity contribution in [2.24, 2.45) is 0 Å². The number of alkyl halides is 3. The lowest BCUT2D eigenvalue weighted by molar-refractivity contribution is -0.137. The molecule has 0 aliphatic rings. The Morgan fingerprint density at radius 3 is 2.38 bits per heavy atom. The van der Waals surface area contributed by atoms with Crippen LogP contribution in [-0.2, 0) is 6.18 Å². The second-order valence-corrected chi connectivity index (χ2v) is 3.95. The van der Waals surface area contributed by atoms with Crippen LogP contribution in [0.15, 0.2) is 24.4 Å². The van der Waals surface area contributed by atoms with Gasteiger partial charge in [-0.05, 0) is 18.2 Å². The molecule has 0 saturated carbocycles. The molecule has 0 aliphatic carbocycles. The fourth-order valence-corrected chi connectivity index (χ4v) is 1.83. The molecule has 1 aromatic heterocycles. The van der Waals surface area contributed by atoms with E-state index < -0.39 is 11.7 Å². The van der Waals surface area contributed by atoms with Gasteiger partial charge in [-0.15, -0.1) is 0 Å². The summed E-state index contributed by atoms with van der Waals surface area (Å²) in [4.78, 5) is 3.81. The van der Waals surface area contributed by atoms with Crippen LogP contribution in [0.3, 0.4) is 0 Å². The van der Waals surface area contributed by atoms with E-state index in [1.807, 2.05) is 0 Å². The molecular weight excluding hydrogens is 262 g/mol. The molecule has 0 atom stereocenters. The van der Waals surface area contributed by atoms with Crippen LogP contribution in [0.2, 0.25) is 10.0 Å². The highest BCUT2D eigenvalue weighted by Crippen LogP contribution is 2.37. The molecule has 0 spiro atoms. The van der Waals surface area contributed by atoms with Crippen molar-refractivity contribution in [2.75, 3.05) is 0 Å². The number of aromatic nitrogens is 1. The number of rotatable bonds is 0. The smallest absolute Gasteiger partial charge is 0.256 e. The summed E-state index contributed by atoms with van der Waals surface area (Å²) in [5.41, 5.74) is -0.736. The maximum Gasteiger partial charge on any atom is 0.417 e. The van der Waals surface area contributed by atoms with Gasteiger partial charge in [-0.25, -0.2) is 0 Å². The standard InChI is InChI=1S/C10H4Cl2F3N/c11-7-1-2-16-9-4-6(10(13,14)15)8(12)3-5(7)9/h1-4H. The van der Waals surface area contributed by atoms with Crippen LogP contribution in [0.1, 0.15) is 5.56 Å². The lowest BCUT2D eigenvalue weighted by atomic mass is 10.1. The van der Waals surface area contributed by atoms with Crippen LogP contribution in [0, 0.1) is 0 Å². The monoisotopic (exact) mass is 265 g/mol. The molecule has 0 unspecified atom stereocenters. The maximum atomic E-state index is 12.5. The molecule has 0 bridgehead atoms. The largest absolute Gasteiger partial charge is 0.417 e. The minimum absolute atomic E-state index is 0.171. The molecule has 84 valence electrons. The van der Waals surface area contributed by atoms with Crippen LogP contribution in [0.4, 0.5) is 13.2 Å². The Morgan fingerprint density at radius 2 is 1.75 bits per heavy atom. The number of hydrogen-bond donors (Lipinski definition) is 0. The number of fused-ring (bicyclic) bond motifs is 1. The lowest BCUT2D eigenvalue weighted by Crippen LogP contribution is -2.05. The van der Waals surface area contributed by atoms with E-state index >= 15 is 0 Å². The van der Waals surface area contributed by atoms with Crippen molar-refractivity contribution in [3.63, 3.8) is 0 Å². The third kappa shape index (κ3) is 1.95. The van der Waals surface area contributed by atoms with E-state index in [2.05, 4.69) is 4.98 Å². The summed E-state index contributed by atoms with van der Waals surface area (Å²) < 4.78 is 37.6. The van der Waals surface area contributed by atoms with Gasteiger partial charge in [0.2, 0.25) is 0 Å². The molecule has 6 heteroatoms. The molecule has 1 heterocycles. The minimum atomic E-state index is -4.49. The highest BCUT2D eigenvalue weighted by Gasteiger charge is 2.33. The summed E-state index contributed by atoms with van der Waals surface area (Å²) in [5, 5.41) is 0.345. The highest BCUT2D eigenvalue weighted by atomic mass is 35.5. The van der Waals surface area contributed by atoms with Gasteiger partial charge in [-0.3, -0.25) is 4.98 Å². The van der Waals surface area contributed by atoms with Crippen LogP contribution in [0.5, 0.6) is 0 Å². The molecule has 2 aromatic rings. The zero-order chi connectivity index (χ0) is 11.9. The highest BCUT2D eigenvalue weighted by molar-refractivity contribution is 6.37. The topological polar surface area (TPSA) is 12.9 Å². The normalized spacial score (nSPS) is 12.1. The van der Waals surface area contributed by atoms with Gasteiger partial charge < -0.3 is 0 Å². The van der Waals surface area contributed by atoms with Crippen LogP contribution >= 0.6 is 23.2 Å². The lowest BCUT2D eigenvalue weighted by Gasteiger charge is -2.10. The van der Waals surface area contributed by atoms with Gasteiger partial charge in [0, 0.05) is 11.6 Å². The Kier molecular flexibility index (Phi) is 2.72. The Bertz CT molecular complexity index is 551. The summed E-state index contributed by atoms with van der Waals surface area (Å²) in [6.45, 7) is 0. The Balaban J connectivity index is 2.78. The van der Waals surface area contributed by atoms with Crippen molar-refractivity contribution >= 4 is 34.1 Å². The molecule has 0 radical (unpaired) electrons. The van der Waals surface area contributed by atoms with Gasteiger partial charge in [-0.1, -0.05) is 23.2 Å². The molecule has 0 aliphatic heterocycles. The Morgan fingerprint density at radius 1 is 1.06 bits per heavy atom. The van der Waals surface area contributed by atoms with Crippen LogP contribution < -0.4 is 0 Å². The van der Waals surface area contributed by atoms with Gasteiger partial charge in [-0.2, -0.15) is 13.2 Å². The molecule has 1 nitrogen and oxygen atoms in total. The zero-order valence-corrected chi connectivity index (χ0v) is 9.16. The van der Waals surface area contributed by atoms with E-state index in [1.165, 1.54) is 18.3 Å². The van der Waals surface area contributed by atoms with Crippen molar-refractivity contribution in [2.45, 2.75) is 6.18 Å². The number of hydrogen-bond acceptors (Lipinski definition) is 1. The summed E-state index contributed by atoms with van der Waals surface area (Å²) in [6, 6.07) is 3.56. The average molecular weight is 266 g/mol. The summed E-state index contributed by atoms with van der Waals surface area (Å²) in [7, 11) is 0. The molecule has 1 aromatic carbocycles. The van der Waals surface area contributed by atoms with Crippen molar-refractivity contribution in [1.82, 2.24) is 4.98 Å². The SMILES string of the molecule is FC(F)(F)c1cc2nccc(Cl)c2cc1Cl. The third-order valence-corrected chi connectivity index (χ3v) is 2.72. The van der Waals surface area contributed by atoms with Crippen LogP contribution in [-0.4, -0.2) is 4.98 Å². The fourth-order valence-electron chi connectivity index (χ4n) is 1.35. The van der Waals surface area contributed by atoms with E-state index in [4.69, 9.17) is 23.2 Å². The molecule has 2 rings (SSSR count). The first-order valence-corrected chi connectivity index (χ1v) is 4.96. The number of halogens is 5. The molecule has 0 N–H and O–H groups in total. The van der Waals surface area contributed by atoms with Gasteiger partial charge in [0.1, 0.15) is 0 Å². The van der Waals surface area contributed by atoms with Crippen molar-refractivity contribution in [1.29, 1.82) is 0 Å². The molecular formula is C10H4Cl2F3N. The van der Waals surface area contributed by atoms with E-state index in [0.29, 0.717) is 10.4 Å².